The van der Waals surface area contributed by atoms with Gasteiger partial charge in [0, 0.05) is 29.8 Å². The largest absolute Gasteiger partial charge is 0.365 e. The van der Waals surface area contributed by atoms with Gasteiger partial charge in [0.1, 0.15) is 0 Å². The van der Waals surface area contributed by atoms with E-state index in [1.807, 2.05) is 36.4 Å². The standard InChI is InChI=1S/C23H20ClN3O2S/c24-20-9-10-23-19(12-20)13-21(26-30(28,29)22-7-2-1-3-8-22)16-27(23)15-18-6-4-5-17(11-18)14-25/h1-12,21,26H,13,15-16H2. The predicted octanol–water partition coefficient (Wildman–Crippen LogP) is 4.12. The van der Waals surface area contributed by atoms with Gasteiger partial charge < -0.3 is 4.90 Å². The molecule has 1 heterocycles. The first-order chi connectivity index (χ1) is 14.4. The van der Waals surface area contributed by atoms with E-state index in [1.54, 1.807) is 36.4 Å². The Kier molecular flexibility index (Phi) is 5.78. The van der Waals surface area contributed by atoms with Crippen molar-refractivity contribution in [1.29, 1.82) is 5.26 Å². The molecule has 0 aromatic heterocycles. The Morgan fingerprint density at radius 1 is 1.07 bits per heavy atom. The zero-order valence-corrected chi connectivity index (χ0v) is 17.7. The summed E-state index contributed by atoms with van der Waals surface area (Å²) in [4.78, 5) is 2.37. The Morgan fingerprint density at radius 3 is 2.63 bits per heavy atom. The molecule has 1 unspecified atom stereocenters. The lowest BCUT2D eigenvalue weighted by Crippen LogP contribution is -2.48. The van der Waals surface area contributed by atoms with E-state index in [0.717, 1.165) is 16.8 Å². The Balaban J connectivity index is 1.63. The molecule has 1 aliphatic heterocycles. The third kappa shape index (κ3) is 4.49. The molecule has 1 N–H and O–H groups in total. The maximum absolute atomic E-state index is 12.8. The molecule has 5 nitrogen and oxygen atoms in total. The van der Waals surface area contributed by atoms with Gasteiger partial charge in [-0.3, -0.25) is 0 Å². The summed E-state index contributed by atoms with van der Waals surface area (Å²) in [5, 5.41) is 9.80. The number of halogens is 1. The third-order valence-electron chi connectivity index (χ3n) is 5.09. The van der Waals surface area contributed by atoms with Crippen molar-refractivity contribution in [3.63, 3.8) is 0 Å². The minimum absolute atomic E-state index is 0.246. The Labute approximate surface area is 181 Å². The second-order valence-corrected chi connectivity index (χ2v) is 9.45. The minimum atomic E-state index is -3.63. The van der Waals surface area contributed by atoms with E-state index < -0.39 is 10.0 Å². The first-order valence-corrected chi connectivity index (χ1v) is 11.4. The molecular weight excluding hydrogens is 418 g/mol. The fraction of sp³-hybridized carbons (Fsp3) is 0.174. The monoisotopic (exact) mass is 437 g/mol. The molecule has 152 valence electrons. The lowest BCUT2D eigenvalue weighted by atomic mass is 9.97. The fourth-order valence-corrected chi connectivity index (χ4v) is 5.24. The minimum Gasteiger partial charge on any atom is -0.365 e. The zero-order chi connectivity index (χ0) is 21.1. The summed E-state index contributed by atoms with van der Waals surface area (Å²) < 4.78 is 28.5. The van der Waals surface area contributed by atoms with Crippen LogP contribution in [0.15, 0.2) is 77.7 Å². The van der Waals surface area contributed by atoms with Crippen LogP contribution in [0.1, 0.15) is 16.7 Å². The molecule has 7 heteroatoms. The molecule has 3 aromatic rings. The van der Waals surface area contributed by atoms with Gasteiger partial charge >= 0.3 is 0 Å². The van der Waals surface area contributed by atoms with Crippen molar-refractivity contribution in [2.75, 3.05) is 11.4 Å². The number of nitrogens with zero attached hydrogens (tertiary/aromatic N) is 2. The van der Waals surface area contributed by atoms with Gasteiger partial charge in [-0.1, -0.05) is 41.9 Å². The van der Waals surface area contributed by atoms with E-state index in [-0.39, 0.29) is 10.9 Å². The number of nitrogens with one attached hydrogen (secondary N) is 1. The molecule has 0 amide bonds. The Hall–Kier alpha value is -2.85. The summed E-state index contributed by atoms with van der Waals surface area (Å²) in [6, 6.07) is 23.4. The number of sulfonamides is 1. The summed E-state index contributed by atoms with van der Waals surface area (Å²) in [5.41, 5.74) is 3.60. The quantitative estimate of drug-likeness (QED) is 0.651. The maximum Gasteiger partial charge on any atom is 0.240 e. The Morgan fingerprint density at radius 2 is 1.87 bits per heavy atom. The van der Waals surface area contributed by atoms with Gasteiger partial charge in [-0.15, -0.1) is 0 Å². The number of hydrogen-bond acceptors (Lipinski definition) is 4. The van der Waals surface area contributed by atoms with Gasteiger partial charge in [-0.25, -0.2) is 13.1 Å². The second-order valence-electron chi connectivity index (χ2n) is 7.30. The molecule has 30 heavy (non-hydrogen) atoms. The van der Waals surface area contributed by atoms with Crippen molar-refractivity contribution in [3.8, 4) is 6.07 Å². The second kappa shape index (κ2) is 8.49. The van der Waals surface area contributed by atoms with Crippen molar-refractivity contribution >= 4 is 27.3 Å². The van der Waals surface area contributed by atoms with Gasteiger partial charge in [0.15, 0.2) is 0 Å². The number of rotatable bonds is 5. The van der Waals surface area contributed by atoms with E-state index in [0.29, 0.717) is 30.1 Å². The van der Waals surface area contributed by atoms with E-state index in [1.165, 1.54) is 0 Å². The molecule has 0 saturated carbocycles. The van der Waals surface area contributed by atoms with E-state index in [4.69, 9.17) is 11.6 Å². The zero-order valence-electron chi connectivity index (χ0n) is 16.1. The summed E-state index contributed by atoms with van der Waals surface area (Å²) in [7, 11) is -3.63. The van der Waals surface area contributed by atoms with Gasteiger partial charge in [-0.2, -0.15) is 5.26 Å². The van der Waals surface area contributed by atoms with Crippen LogP contribution in [0, 0.1) is 11.3 Å². The normalized spacial score (nSPS) is 16.0. The number of hydrogen-bond donors (Lipinski definition) is 1. The lowest BCUT2D eigenvalue weighted by molar-refractivity contribution is 0.524. The van der Waals surface area contributed by atoms with Crippen LogP contribution in [0.3, 0.4) is 0 Å². The molecule has 1 atom stereocenters. The molecule has 0 spiro atoms. The van der Waals surface area contributed by atoms with Crippen LogP contribution < -0.4 is 9.62 Å². The highest BCUT2D eigenvalue weighted by atomic mass is 35.5. The summed E-state index contributed by atoms with van der Waals surface area (Å²) in [6.45, 7) is 1.07. The number of anilines is 1. The van der Waals surface area contributed by atoms with E-state index in [9.17, 15) is 13.7 Å². The molecular formula is C23H20ClN3O2S. The first kappa shape index (κ1) is 20.4. The van der Waals surface area contributed by atoms with Crippen LogP contribution in [0.4, 0.5) is 5.69 Å². The van der Waals surface area contributed by atoms with Gasteiger partial charge in [0.05, 0.1) is 16.5 Å². The van der Waals surface area contributed by atoms with Crippen LogP contribution in [0.25, 0.3) is 0 Å². The van der Waals surface area contributed by atoms with Crippen LogP contribution >= 0.6 is 11.6 Å². The van der Waals surface area contributed by atoms with Crippen LogP contribution in [0.5, 0.6) is 0 Å². The molecule has 0 saturated heterocycles. The maximum atomic E-state index is 12.8. The van der Waals surface area contributed by atoms with Crippen LogP contribution in [-0.4, -0.2) is 21.0 Å². The summed E-state index contributed by atoms with van der Waals surface area (Å²) >= 11 is 6.21. The smallest absolute Gasteiger partial charge is 0.240 e. The molecule has 1 aliphatic rings. The van der Waals surface area contributed by atoms with Crippen LogP contribution in [-0.2, 0) is 23.0 Å². The average molecular weight is 438 g/mol. The molecule has 4 rings (SSSR count). The lowest BCUT2D eigenvalue weighted by Gasteiger charge is -2.36. The highest BCUT2D eigenvalue weighted by Crippen LogP contribution is 2.31. The Bertz CT molecular complexity index is 1210. The number of fused-ring (bicyclic) bond motifs is 1. The van der Waals surface area contributed by atoms with E-state index >= 15 is 0 Å². The third-order valence-corrected chi connectivity index (χ3v) is 6.87. The molecule has 0 radical (unpaired) electrons. The van der Waals surface area contributed by atoms with Gasteiger partial charge in [-0.05, 0) is 60.0 Å². The highest BCUT2D eigenvalue weighted by molar-refractivity contribution is 7.89. The van der Waals surface area contributed by atoms with Gasteiger partial charge in [0.2, 0.25) is 10.0 Å². The summed E-state index contributed by atoms with van der Waals surface area (Å²) in [5.74, 6) is 0. The topological polar surface area (TPSA) is 73.2 Å². The van der Waals surface area contributed by atoms with E-state index in [2.05, 4.69) is 15.7 Å². The van der Waals surface area contributed by atoms with Crippen molar-refractivity contribution in [3.05, 3.63) is 94.5 Å². The molecule has 3 aromatic carbocycles. The molecule has 0 fully saturated rings. The van der Waals surface area contributed by atoms with Crippen molar-refractivity contribution in [1.82, 2.24) is 4.72 Å². The van der Waals surface area contributed by atoms with Crippen LogP contribution in [0.2, 0.25) is 5.02 Å². The summed E-state index contributed by atoms with van der Waals surface area (Å²) in [6.07, 6.45) is 0.552. The van der Waals surface area contributed by atoms with Crippen molar-refractivity contribution in [2.24, 2.45) is 0 Å². The SMILES string of the molecule is N#Cc1cccc(CN2CC(NS(=O)(=O)c3ccccc3)Cc3cc(Cl)ccc32)c1. The van der Waals surface area contributed by atoms with Crippen molar-refractivity contribution < 1.29 is 8.42 Å². The average Bonchev–Trinajstić information content (AvgIpc) is 2.74. The molecule has 0 aliphatic carbocycles. The number of nitriles is 1. The molecule has 0 bridgehead atoms. The van der Waals surface area contributed by atoms with Crippen molar-refractivity contribution in [2.45, 2.75) is 23.9 Å². The predicted molar refractivity (Wildman–Crippen MR) is 118 cm³/mol. The highest BCUT2D eigenvalue weighted by Gasteiger charge is 2.28. The van der Waals surface area contributed by atoms with Gasteiger partial charge in [0.25, 0.3) is 0 Å². The first-order valence-electron chi connectivity index (χ1n) is 9.54. The fourth-order valence-electron chi connectivity index (χ4n) is 3.80. The number of benzene rings is 3.